The minimum Gasteiger partial charge on any atom is -0.395 e. The van der Waals surface area contributed by atoms with Crippen LogP contribution in [0.25, 0.3) is 0 Å². The first-order valence-electron chi connectivity index (χ1n) is 6.41. The van der Waals surface area contributed by atoms with Gasteiger partial charge in [-0.25, -0.2) is 0 Å². The van der Waals surface area contributed by atoms with Gasteiger partial charge in [-0.3, -0.25) is 4.90 Å². The van der Waals surface area contributed by atoms with Gasteiger partial charge in [0.05, 0.1) is 6.61 Å². The molecule has 2 rings (SSSR count). The maximum absolute atomic E-state index is 9.02. The number of benzene rings is 1. The van der Waals surface area contributed by atoms with Crippen LogP contribution >= 0.6 is 0 Å². The highest BCUT2D eigenvalue weighted by Gasteiger charge is 2.22. The first-order chi connectivity index (χ1) is 8.28. The van der Waals surface area contributed by atoms with Crippen LogP contribution in [0.5, 0.6) is 0 Å². The van der Waals surface area contributed by atoms with Gasteiger partial charge in [0.2, 0.25) is 0 Å². The molecule has 17 heavy (non-hydrogen) atoms. The zero-order valence-electron chi connectivity index (χ0n) is 10.5. The van der Waals surface area contributed by atoms with E-state index in [4.69, 9.17) is 5.11 Å². The van der Waals surface area contributed by atoms with E-state index < -0.39 is 0 Å². The average molecular weight is 234 g/mol. The summed E-state index contributed by atoms with van der Waals surface area (Å²) >= 11 is 0. The number of aliphatic hydroxyl groups excluding tert-OH is 1. The summed E-state index contributed by atoms with van der Waals surface area (Å²) in [6.07, 6.45) is 1.18. The van der Waals surface area contributed by atoms with Crippen LogP contribution in [0.15, 0.2) is 30.3 Å². The Kier molecular flexibility index (Phi) is 4.54. The van der Waals surface area contributed by atoms with Crippen molar-refractivity contribution < 1.29 is 5.11 Å². The van der Waals surface area contributed by atoms with Crippen molar-refractivity contribution in [3.8, 4) is 0 Å². The maximum atomic E-state index is 9.02. The quantitative estimate of drug-likeness (QED) is 0.804. The predicted molar refractivity (Wildman–Crippen MR) is 69.8 cm³/mol. The topological polar surface area (TPSA) is 35.5 Å². The fourth-order valence-corrected chi connectivity index (χ4v) is 2.41. The number of nitrogens with zero attached hydrogens (tertiary/aromatic N) is 1. The molecule has 3 nitrogen and oxygen atoms in total. The van der Waals surface area contributed by atoms with Gasteiger partial charge in [-0.05, 0) is 18.9 Å². The Bertz CT molecular complexity index is 328. The Labute approximate surface area is 103 Å². The summed E-state index contributed by atoms with van der Waals surface area (Å²) in [4.78, 5) is 2.47. The zero-order valence-corrected chi connectivity index (χ0v) is 10.5. The van der Waals surface area contributed by atoms with Gasteiger partial charge in [-0.15, -0.1) is 0 Å². The molecule has 2 unspecified atom stereocenters. The number of aliphatic hydroxyl groups is 1. The van der Waals surface area contributed by atoms with Crippen LogP contribution in [0.4, 0.5) is 0 Å². The lowest BCUT2D eigenvalue weighted by Gasteiger charge is -2.19. The minimum absolute atomic E-state index is 0.205. The number of hydrogen-bond acceptors (Lipinski definition) is 3. The lowest BCUT2D eigenvalue weighted by atomic mass is 10.2. The molecule has 1 heterocycles. The molecule has 3 heteroatoms. The lowest BCUT2D eigenvalue weighted by molar-refractivity contribution is 0.237. The molecule has 0 amide bonds. The molecular formula is C14H22N2O. The summed E-state index contributed by atoms with van der Waals surface area (Å²) in [6, 6.07) is 11.3. The fourth-order valence-electron chi connectivity index (χ4n) is 2.41. The SMILES string of the molecule is CC(CO)NC1CCN(Cc2ccccc2)C1. The largest absolute Gasteiger partial charge is 0.395 e. The van der Waals surface area contributed by atoms with Crippen molar-refractivity contribution in [1.82, 2.24) is 10.2 Å². The van der Waals surface area contributed by atoms with Crippen molar-refractivity contribution in [2.75, 3.05) is 19.7 Å². The molecule has 0 aromatic heterocycles. The molecule has 2 N–H and O–H groups in total. The van der Waals surface area contributed by atoms with Crippen LogP contribution in [0.1, 0.15) is 18.9 Å². The summed E-state index contributed by atoms with van der Waals surface area (Å²) in [7, 11) is 0. The van der Waals surface area contributed by atoms with Crippen LogP contribution in [-0.4, -0.2) is 41.8 Å². The van der Waals surface area contributed by atoms with E-state index >= 15 is 0 Å². The van der Waals surface area contributed by atoms with E-state index in [2.05, 4.69) is 40.5 Å². The van der Waals surface area contributed by atoms with Crippen molar-refractivity contribution in [1.29, 1.82) is 0 Å². The fraction of sp³-hybridized carbons (Fsp3) is 0.571. The van der Waals surface area contributed by atoms with Gasteiger partial charge < -0.3 is 10.4 Å². The molecule has 1 aromatic rings. The summed E-state index contributed by atoms with van der Waals surface area (Å²) in [5, 5.41) is 12.5. The van der Waals surface area contributed by atoms with Crippen molar-refractivity contribution in [2.24, 2.45) is 0 Å². The number of likely N-dealkylation sites (tertiary alicyclic amines) is 1. The predicted octanol–water partition coefficient (Wildman–Crippen LogP) is 1.23. The molecule has 1 aliphatic rings. The molecular weight excluding hydrogens is 212 g/mol. The molecule has 1 aliphatic heterocycles. The Balaban J connectivity index is 1.78. The second-order valence-corrected chi connectivity index (χ2v) is 4.96. The summed E-state index contributed by atoms with van der Waals surface area (Å²) in [6.45, 7) is 5.51. The number of rotatable bonds is 5. The van der Waals surface area contributed by atoms with Gasteiger partial charge in [0.1, 0.15) is 0 Å². The monoisotopic (exact) mass is 234 g/mol. The van der Waals surface area contributed by atoms with Gasteiger partial charge >= 0.3 is 0 Å². The summed E-state index contributed by atoms with van der Waals surface area (Å²) < 4.78 is 0. The molecule has 0 spiro atoms. The van der Waals surface area contributed by atoms with Crippen LogP contribution in [0.2, 0.25) is 0 Å². The third kappa shape index (κ3) is 3.80. The minimum atomic E-state index is 0.205. The molecule has 1 saturated heterocycles. The van der Waals surface area contributed by atoms with Crippen molar-refractivity contribution >= 4 is 0 Å². The van der Waals surface area contributed by atoms with E-state index in [1.807, 2.05) is 6.92 Å². The first-order valence-corrected chi connectivity index (χ1v) is 6.41. The average Bonchev–Trinajstić information content (AvgIpc) is 2.77. The molecule has 0 radical (unpaired) electrons. The third-order valence-electron chi connectivity index (χ3n) is 3.32. The molecule has 1 aromatic carbocycles. The van der Waals surface area contributed by atoms with E-state index in [-0.39, 0.29) is 12.6 Å². The van der Waals surface area contributed by atoms with Gasteiger partial charge in [0, 0.05) is 31.7 Å². The van der Waals surface area contributed by atoms with E-state index in [0.717, 1.165) is 19.6 Å². The molecule has 94 valence electrons. The van der Waals surface area contributed by atoms with E-state index in [9.17, 15) is 0 Å². The number of hydrogen-bond donors (Lipinski definition) is 2. The van der Waals surface area contributed by atoms with Gasteiger partial charge in [-0.2, -0.15) is 0 Å². The smallest absolute Gasteiger partial charge is 0.0582 e. The zero-order chi connectivity index (χ0) is 12.1. The molecule has 0 saturated carbocycles. The van der Waals surface area contributed by atoms with Crippen molar-refractivity contribution in [3.05, 3.63) is 35.9 Å². The Morgan fingerprint density at radius 1 is 1.41 bits per heavy atom. The van der Waals surface area contributed by atoms with E-state index in [1.165, 1.54) is 12.0 Å². The Hall–Kier alpha value is -0.900. The third-order valence-corrected chi connectivity index (χ3v) is 3.32. The normalized spacial score (nSPS) is 22.8. The van der Waals surface area contributed by atoms with E-state index in [1.54, 1.807) is 0 Å². The van der Waals surface area contributed by atoms with Crippen LogP contribution in [0, 0.1) is 0 Å². The first kappa shape index (κ1) is 12.6. The summed E-state index contributed by atoms with van der Waals surface area (Å²) in [5.41, 5.74) is 1.38. The second kappa shape index (κ2) is 6.15. The van der Waals surface area contributed by atoms with Crippen LogP contribution in [-0.2, 0) is 6.54 Å². The highest BCUT2D eigenvalue weighted by atomic mass is 16.3. The standard InChI is InChI=1S/C14H22N2O/c1-12(11-17)15-14-7-8-16(10-14)9-13-5-3-2-4-6-13/h2-6,12,14-15,17H,7-11H2,1H3. The molecule has 2 atom stereocenters. The Morgan fingerprint density at radius 3 is 2.88 bits per heavy atom. The summed E-state index contributed by atoms with van der Waals surface area (Å²) in [5.74, 6) is 0. The van der Waals surface area contributed by atoms with Crippen LogP contribution in [0.3, 0.4) is 0 Å². The second-order valence-electron chi connectivity index (χ2n) is 4.96. The number of nitrogens with one attached hydrogen (secondary N) is 1. The molecule has 0 aliphatic carbocycles. The lowest BCUT2D eigenvalue weighted by Crippen LogP contribution is -2.40. The van der Waals surface area contributed by atoms with Crippen molar-refractivity contribution in [2.45, 2.75) is 32.0 Å². The van der Waals surface area contributed by atoms with Crippen LogP contribution < -0.4 is 5.32 Å². The van der Waals surface area contributed by atoms with Crippen molar-refractivity contribution in [3.63, 3.8) is 0 Å². The maximum Gasteiger partial charge on any atom is 0.0582 e. The van der Waals surface area contributed by atoms with Gasteiger partial charge in [0.25, 0.3) is 0 Å². The highest BCUT2D eigenvalue weighted by Crippen LogP contribution is 2.13. The molecule has 0 bridgehead atoms. The van der Waals surface area contributed by atoms with Gasteiger partial charge in [0.15, 0.2) is 0 Å². The van der Waals surface area contributed by atoms with E-state index in [0.29, 0.717) is 6.04 Å². The van der Waals surface area contributed by atoms with Gasteiger partial charge in [-0.1, -0.05) is 30.3 Å². The highest BCUT2D eigenvalue weighted by molar-refractivity contribution is 5.14. The Morgan fingerprint density at radius 2 is 2.18 bits per heavy atom. The molecule has 1 fully saturated rings.